The van der Waals surface area contributed by atoms with E-state index in [1.54, 1.807) is 0 Å². The largest absolute Gasteiger partial charge is 0.383 e. The molecule has 2 nitrogen and oxygen atoms in total. The van der Waals surface area contributed by atoms with Crippen molar-refractivity contribution in [1.82, 2.24) is 4.90 Å². The minimum Gasteiger partial charge on any atom is -0.337 e. The first-order valence-electron chi connectivity index (χ1n) is 6.52. The SMILES string of the molecule is CC(C)(C)C1CCCN(C(=O)C(F)(F)C(F)F)CC1. The molecule has 0 aromatic heterocycles. The molecule has 1 atom stereocenters. The quantitative estimate of drug-likeness (QED) is 0.710. The summed E-state index contributed by atoms with van der Waals surface area (Å²) < 4.78 is 50.5. The molecule has 1 saturated heterocycles. The lowest BCUT2D eigenvalue weighted by Crippen LogP contribution is -2.48. The van der Waals surface area contributed by atoms with Gasteiger partial charge in [0.1, 0.15) is 0 Å². The molecule has 0 aliphatic carbocycles. The van der Waals surface area contributed by atoms with Gasteiger partial charge in [0, 0.05) is 13.1 Å². The maximum absolute atomic E-state index is 13.0. The number of nitrogens with zero attached hydrogens (tertiary/aromatic N) is 1. The van der Waals surface area contributed by atoms with Gasteiger partial charge in [-0.25, -0.2) is 8.78 Å². The van der Waals surface area contributed by atoms with Gasteiger partial charge in [0.2, 0.25) is 0 Å². The second-order valence-electron chi connectivity index (χ2n) is 6.21. The molecule has 0 saturated carbocycles. The van der Waals surface area contributed by atoms with E-state index in [4.69, 9.17) is 0 Å². The molecule has 1 heterocycles. The maximum Gasteiger partial charge on any atom is 0.383 e. The number of halogens is 4. The summed E-state index contributed by atoms with van der Waals surface area (Å²) in [4.78, 5) is 12.4. The highest BCUT2D eigenvalue weighted by atomic mass is 19.3. The topological polar surface area (TPSA) is 20.3 Å². The van der Waals surface area contributed by atoms with Crippen LogP contribution in [-0.2, 0) is 4.79 Å². The van der Waals surface area contributed by atoms with E-state index < -0.39 is 18.3 Å². The van der Waals surface area contributed by atoms with E-state index in [-0.39, 0.29) is 18.5 Å². The fourth-order valence-electron chi connectivity index (χ4n) is 2.47. The van der Waals surface area contributed by atoms with Crippen LogP contribution in [0.25, 0.3) is 0 Å². The Kier molecular flexibility index (Phi) is 4.85. The standard InChI is InChI=1S/C13H21F4NO/c1-12(2,3)9-5-4-7-18(8-6-9)11(19)13(16,17)10(14)15/h9-10H,4-8H2,1-3H3. The average molecular weight is 283 g/mol. The number of likely N-dealkylation sites (tertiary alicyclic amines) is 1. The number of carbonyl (C=O) groups excluding carboxylic acids is 1. The van der Waals surface area contributed by atoms with Gasteiger partial charge >= 0.3 is 12.3 Å². The minimum atomic E-state index is -4.57. The van der Waals surface area contributed by atoms with E-state index in [9.17, 15) is 22.4 Å². The van der Waals surface area contributed by atoms with Gasteiger partial charge in [0.05, 0.1) is 0 Å². The van der Waals surface area contributed by atoms with Crippen LogP contribution >= 0.6 is 0 Å². The lowest BCUT2D eigenvalue weighted by molar-refractivity contribution is -0.180. The normalized spacial score (nSPS) is 22.5. The highest BCUT2D eigenvalue weighted by molar-refractivity contribution is 5.84. The number of hydrogen-bond donors (Lipinski definition) is 0. The molecule has 0 bridgehead atoms. The molecular weight excluding hydrogens is 262 g/mol. The second-order valence-corrected chi connectivity index (χ2v) is 6.21. The van der Waals surface area contributed by atoms with Crippen molar-refractivity contribution in [3.8, 4) is 0 Å². The molecule has 1 aliphatic rings. The van der Waals surface area contributed by atoms with Crippen LogP contribution in [-0.4, -0.2) is 36.2 Å². The monoisotopic (exact) mass is 283 g/mol. The van der Waals surface area contributed by atoms with Crippen LogP contribution < -0.4 is 0 Å². The number of amides is 1. The van der Waals surface area contributed by atoms with Crippen molar-refractivity contribution in [2.75, 3.05) is 13.1 Å². The predicted octanol–water partition coefficient (Wildman–Crippen LogP) is 3.56. The summed E-state index contributed by atoms with van der Waals surface area (Å²) in [5, 5.41) is 0. The molecule has 0 spiro atoms. The van der Waals surface area contributed by atoms with E-state index in [0.29, 0.717) is 18.8 Å². The minimum absolute atomic E-state index is 0.0320. The zero-order chi connectivity index (χ0) is 14.8. The zero-order valence-corrected chi connectivity index (χ0v) is 11.6. The molecule has 1 unspecified atom stereocenters. The Morgan fingerprint density at radius 1 is 1.16 bits per heavy atom. The van der Waals surface area contributed by atoms with Crippen molar-refractivity contribution >= 4 is 5.91 Å². The molecule has 112 valence electrons. The maximum atomic E-state index is 13.0. The van der Waals surface area contributed by atoms with Crippen LogP contribution in [0, 0.1) is 11.3 Å². The van der Waals surface area contributed by atoms with Crippen molar-refractivity contribution in [3.63, 3.8) is 0 Å². The Bertz CT molecular complexity index is 325. The number of rotatable bonds is 2. The van der Waals surface area contributed by atoms with E-state index in [2.05, 4.69) is 20.8 Å². The van der Waals surface area contributed by atoms with Gasteiger partial charge in [0.15, 0.2) is 0 Å². The Balaban J connectivity index is 2.70. The Morgan fingerprint density at radius 3 is 2.21 bits per heavy atom. The molecule has 1 amide bonds. The van der Waals surface area contributed by atoms with Gasteiger partial charge in [-0.1, -0.05) is 20.8 Å². The van der Waals surface area contributed by atoms with Crippen LogP contribution in [0.5, 0.6) is 0 Å². The van der Waals surface area contributed by atoms with Crippen LogP contribution in [0.2, 0.25) is 0 Å². The number of alkyl halides is 4. The molecule has 0 aromatic carbocycles. The van der Waals surface area contributed by atoms with Crippen LogP contribution in [0.15, 0.2) is 0 Å². The molecule has 0 N–H and O–H groups in total. The van der Waals surface area contributed by atoms with E-state index in [1.807, 2.05) is 0 Å². The number of hydrogen-bond acceptors (Lipinski definition) is 1. The van der Waals surface area contributed by atoms with Crippen molar-refractivity contribution < 1.29 is 22.4 Å². The molecule has 1 fully saturated rings. The summed E-state index contributed by atoms with van der Waals surface area (Å²) in [6, 6.07) is 0. The second kappa shape index (κ2) is 5.67. The van der Waals surface area contributed by atoms with Crippen LogP contribution in [0.4, 0.5) is 17.6 Å². The summed E-state index contributed by atoms with van der Waals surface area (Å²) in [6.45, 7) is 6.44. The summed E-state index contributed by atoms with van der Waals surface area (Å²) in [7, 11) is 0. The summed E-state index contributed by atoms with van der Waals surface area (Å²) in [5.74, 6) is -6.00. The third-order valence-electron chi connectivity index (χ3n) is 3.80. The third-order valence-corrected chi connectivity index (χ3v) is 3.80. The van der Waals surface area contributed by atoms with Gasteiger partial charge in [0.25, 0.3) is 5.91 Å². The van der Waals surface area contributed by atoms with Gasteiger partial charge in [-0.05, 0) is 30.6 Å². The summed E-state index contributed by atoms with van der Waals surface area (Å²) in [5.41, 5.74) is 0.0320. The Morgan fingerprint density at radius 2 is 1.74 bits per heavy atom. The Labute approximate surface area is 111 Å². The van der Waals surface area contributed by atoms with E-state index >= 15 is 0 Å². The predicted molar refractivity (Wildman–Crippen MR) is 64.3 cm³/mol. The lowest BCUT2D eigenvalue weighted by atomic mass is 9.77. The molecular formula is C13H21F4NO. The smallest absolute Gasteiger partial charge is 0.337 e. The van der Waals surface area contributed by atoms with Crippen molar-refractivity contribution in [2.24, 2.45) is 11.3 Å². The van der Waals surface area contributed by atoms with Gasteiger partial charge in [-0.2, -0.15) is 8.78 Å². The van der Waals surface area contributed by atoms with Crippen molar-refractivity contribution in [2.45, 2.75) is 52.4 Å². The van der Waals surface area contributed by atoms with Crippen molar-refractivity contribution in [3.05, 3.63) is 0 Å². The Hall–Kier alpha value is -0.810. The van der Waals surface area contributed by atoms with Gasteiger partial charge < -0.3 is 4.90 Å². The molecule has 0 aromatic rings. The molecule has 19 heavy (non-hydrogen) atoms. The van der Waals surface area contributed by atoms with Crippen LogP contribution in [0.1, 0.15) is 40.0 Å². The molecule has 0 radical (unpaired) electrons. The lowest BCUT2D eigenvalue weighted by Gasteiger charge is -2.30. The third kappa shape index (κ3) is 3.83. The van der Waals surface area contributed by atoms with Crippen molar-refractivity contribution in [1.29, 1.82) is 0 Å². The van der Waals surface area contributed by atoms with E-state index in [1.165, 1.54) is 0 Å². The number of carbonyl (C=O) groups is 1. The molecule has 1 rings (SSSR count). The first kappa shape index (κ1) is 16.2. The summed E-state index contributed by atoms with van der Waals surface area (Å²) in [6.07, 6.45) is -1.96. The molecule has 6 heteroatoms. The first-order valence-corrected chi connectivity index (χ1v) is 6.52. The fraction of sp³-hybridized carbons (Fsp3) is 0.923. The fourth-order valence-corrected chi connectivity index (χ4v) is 2.47. The van der Waals surface area contributed by atoms with Crippen LogP contribution in [0.3, 0.4) is 0 Å². The first-order chi connectivity index (χ1) is 8.56. The highest BCUT2D eigenvalue weighted by Gasteiger charge is 2.51. The van der Waals surface area contributed by atoms with Gasteiger partial charge in [-0.15, -0.1) is 0 Å². The highest BCUT2D eigenvalue weighted by Crippen LogP contribution is 2.35. The van der Waals surface area contributed by atoms with E-state index in [0.717, 1.165) is 11.3 Å². The van der Waals surface area contributed by atoms with Gasteiger partial charge in [-0.3, -0.25) is 4.79 Å². The molecule has 1 aliphatic heterocycles. The zero-order valence-electron chi connectivity index (χ0n) is 11.6. The summed E-state index contributed by atoms with van der Waals surface area (Å²) >= 11 is 0. The average Bonchev–Trinajstić information content (AvgIpc) is 2.52.